The van der Waals surface area contributed by atoms with E-state index in [1.807, 2.05) is 6.08 Å². The van der Waals surface area contributed by atoms with Crippen molar-refractivity contribution < 1.29 is 9.90 Å². The third-order valence-corrected chi connectivity index (χ3v) is 2.98. The topological polar surface area (TPSA) is 52.6 Å². The number of aliphatic carboxylic acids is 1. The van der Waals surface area contributed by atoms with Crippen LogP contribution in [0.2, 0.25) is 0 Å². The predicted octanol–water partition coefficient (Wildman–Crippen LogP) is 0.311. The molecule has 0 spiro atoms. The SMILES string of the molecule is C=CCN1CCC(NC)(C(=O)O)CC1. The van der Waals surface area contributed by atoms with Crippen LogP contribution in [0.4, 0.5) is 0 Å². The van der Waals surface area contributed by atoms with Crippen molar-refractivity contribution in [2.24, 2.45) is 0 Å². The Morgan fingerprint density at radius 3 is 2.57 bits per heavy atom. The minimum atomic E-state index is -0.738. The molecule has 0 aliphatic carbocycles. The van der Waals surface area contributed by atoms with E-state index in [9.17, 15) is 4.79 Å². The number of piperidine rings is 1. The third-order valence-electron chi connectivity index (χ3n) is 2.98. The lowest BCUT2D eigenvalue weighted by Crippen LogP contribution is -2.57. The first kappa shape index (κ1) is 11.2. The van der Waals surface area contributed by atoms with Crippen LogP contribution in [0.15, 0.2) is 12.7 Å². The van der Waals surface area contributed by atoms with E-state index in [-0.39, 0.29) is 0 Å². The molecule has 0 atom stereocenters. The normalized spacial score (nSPS) is 21.8. The molecule has 1 rings (SSSR count). The summed E-state index contributed by atoms with van der Waals surface area (Å²) in [6.07, 6.45) is 3.17. The minimum absolute atomic E-state index is 0.659. The van der Waals surface area contributed by atoms with Crippen LogP contribution in [0.1, 0.15) is 12.8 Å². The summed E-state index contributed by atoms with van der Waals surface area (Å²) in [4.78, 5) is 13.3. The monoisotopic (exact) mass is 198 g/mol. The Hall–Kier alpha value is -0.870. The van der Waals surface area contributed by atoms with E-state index < -0.39 is 11.5 Å². The van der Waals surface area contributed by atoms with Crippen molar-refractivity contribution in [3.63, 3.8) is 0 Å². The highest BCUT2D eigenvalue weighted by atomic mass is 16.4. The van der Waals surface area contributed by atoms with Crippen LogP contribution >= 0.6 is 0 Å². The molecule has 0 unspecified atom stereocenters. The molecule has 1 saturated heterocycles. The molecule has 0 bridgehead atoms. The highest BCUT2D eigenvalue weighted by molar-refractivity contribution is 5.78. The Kier molecular flexibility index (Phi) is 3.66. The van der Waals surface area contributed by atoms with Gasteiger partial charge in [-0.25, -0.2) is 0 Å². The molecule has 80 valence electrons. The molecular formula is C10H18N2O2. The molecule has 1 fully saturated rings. The van der Waals surface area contributed by atoms with Crippen LogP contribution in [0, 0.1) is 0 Å². The van der Waals surface area contributed by atoms with Crippen molar-refractivity contribution in [2.75, 3.05) is 26.7 Å². The molecule has 14 heavy (non-hydrogen) atoms. The second-order valence-corrected chi connectivity index (χ2v) is 3.73. The maximum absolute atomic E-state index is 11.1. The first-order valence-electron chi connectivity index (χ1n) is 4.90. The summed E-state index contributed by atoms with van der Waals surface area (Å²) in [7, 11) is 1.72. The zero-order valence-corrected chi connectivity index (χ0v) is 8.62. The largest absolute Gasteiger partial charge is 0.480 e. The average Bonchev–Trinajstić information content (AvgIpc) is 2.19. The van der Waals surface area contributed by atoms with E-state index in [0.717, 1.165) is 19.6 Å². The predicted molar refractivity (Wildman–Crippen MR) is 55.3 cm³/mol. The molecule has 4 nitrogen and oxygen atoms in total. The number of carboxylic acids is 1. The van der Waals surface area contributed by atoms with E-state index in [1.165, 1.54) is 0 Å². The van der Waals surface area contributed by atoms with Gasteiger partial charge in [0.2, 0.25) is 0 Å². The molecular weight excluding hydrogens is 180 g/mol. The Labute approximate surface area is 84.6 Å². The van der Waals surface area contributed by atoms with Crippen molar-refractivity contribution in [3.05, 3.63) is 12.7 Å². The molecule has 2 N–H and O–H groups in total. The molecule has 0 radical (unpaired) electrons. The van der Waals surface area contributed by atoms with Crippen LogP contribution in [-0.2, 0) is 4.79 Å². The van der Waals surface area contributed by atoms with Gasteiger partial charge in [-0.2, -0.15) is 0 Å². The van der Waals surface area contributed by atoms with Crippen molar-refractivity contribution in [2.45, 2.75) is 18.4 Å². The zero-order valence-electron chi connectivity index (χ0n) is 8.62. The Morgan fingerprint density at radius 2 is 2.21 bits per heavy atom. The lowest BCUT2D eigenvalue weighted by atomic mass is 9.88. The molecule has 0 amide bonds. The fraction of sp³-hybridized carbons (Fsp3) is 0.700. The van der Waals surface area contributed by atoms with Gasteiger partial charge in [0.15, 0.2) is 0 Å². The van der Waals surface area contributed by atoms with Gasteiger partial charge in [0.05, 0.1) is 0 Å². The average molecular weight is 198 g/mol. The van der Waals surface area contributed by atoms with Gasteiger partial charge in [0, 0.05) is 19.6 Å². The molecule has 1 heterocycles. The highest BCUT2D eigenvalue weighted by Crippen LogP contribution is 2.21. The van der Waals surface area contributed by atoms with Crippen LogP contribution in [-0.4, -0.2) is 48.2 Å². The van der Waals surface area contributed by atoms with Crippen molar-refractivity contribution in [3.8, 4) is 0 Å². The van der Waals surface area contributed by atoms with Crippen molar-refractivity contribution in [1.29, 1.82) is 0 Å². The summed E-state index contributed by atoms with van der Waals surface area (Å²) in [5.41, 5.74) is -0.711. The summed E-state index contributed by atoms with van der Waals surface area (Å²) < 4.78 is 0. The van der Waals surface area contributed by atoms with Gasteiger partial charge in [-0.15, -0.1) is 6.58 Å². The molecule has 1 aliphatic heterocycles. The summed E-state index contributed by atoms with van der Waals surface area (Å²) >= 11 is 0. The van der Waals surface area contributed by atoms with Gasteiger partial charge >= 0.3 is 5.97 Å². The fourth-order valence-electron chi connectivity index (χ4n) is 1.87. The van der Waals surface area contributed by atoms with Gasteiger partial charge in [0.1, 0.15) is 5.54 Å². The Balaban J connectivity index is 2.54. The first-order valence-corrected chi connectivity index (χ1v) is 4.90. The van der Waals surface area contributed by atoms with Gasteiger partial charge in [0.25, 0.3) is 0 Å². The molecule has 0 saturated carbocycles. The Bertz CT molecular complexity index is 220. The summed E-state index contributed by atoms with van der Waals surface area (Å²) in [6.45, 7) is 6.16. The van der Waals surface area contributed by atoms with E-state index in [4.69, 9.17) is 5.11 Å². The quantitative estimate of drug-likeness (QED) is 0.638. The van der Waals surface area contributed by atoms with Crippen molar-refractivity contribution >= 4 is 5.97 Å². The van der Waals surface area contributed by atoms with Crippen LogP contribution in [0.3, 0.4) is 0 Å². The number of nitrogens with zero attached hydrogens (tertiary/aromatic N) is 1. The summed E-state index contributed by atoms with van der Waals surface area (Å²) in [5, 5.41) is 12.0. The fourth-order valence-corrected chi connectivity index (χ4v) is 1.87. The Morgan fingerprint density at radius 1 is 1.64 bits per heavy atom. The number of carbonyl (C=O) groups is 1. The summed E-state index contributed by atoms with van der Waals surface area (Å²) in [5.74, 6) is -0.738. The van der Waals surface area contributed by atoms with Gasteiger partial charge < -0.3 is 10.4 Å². The maximum atomic E-state index is 11.1. The number of likely N-dealkylation sites (tertiary alicyclic amines) is 1. The number of rotatable bonds is 4. The standard InChI is InChI=1S/C10H18N2O2/c1-3-6-12-7-4-10(11-2,5-8-12)9(13)14/h3,11H,1,4-8H2,2H3,(H,13,14). The van der Waals surface area contributed by atoms with Crippen LogP contribution in [0.5, 0.6) is 0 Å². The van der Waals surface area contributed by atoms with Crippen LogP contribution < -0.4 is 5.32 Å². The maximum Gasteiger partial charge on any atom is 0.323 e. The number of hydrogen-bond acceptors (Lipinski definition) is 3. The molecule has 4 heteroatoms. The number of nitrogens with one attached hydrogen (secondary N) is 1. The smallest absolute Gasteiger partial charge is 0.323 e. The van der Waals surface area contributed by atoms with E-state index in [2.05, 4.69) is 16.8 Å². The third kappa shape index (κ3) is 2.13. The van der Waals surface area contributed by atoms with E-state index in [1.54, 1.807) is 7.05 Å². The second-order valence-electron chi connectivity index (χ2n) is 3.73. The number of likely N-dealkylation sites (N-methyl/N-ethyl adjacent to an activating group) is 1. The molecule has 0 aromatic heterocycles. The molecule has 1 aliphatic rings. The zero-order chi connectivity index (χ0) is 10.6. The first-order chi connectivity index (χ1) is 6.64. The lowest BCUT2D eigenvalue weighted by molar-refractivity contribution is -0.146. The number of carboxylic acid groups (broad SMARTS) is 1. The van der Waals surface area contributed by atoms with Crippen molar-refractivity contribution in [1.82, 2.24) is 10.2 Å². The lowest BCUT2D eigenvalue weighted by Gasteiger charge is -2.38. The van der Waals surface area contributed by atoms with Gasteiger partial charge in [-0.3, -0.25) is 9.69 Å². The molecule has 0 aromatic carbocycles. The highest BCUT2D eigenvalue weighted by Gasteiger charge is 2.39. The molecule has 0 aromatic rings. The van der Waals surface area contributed by atoms with Gasteiger partial charge in [-0.1, -0.05) is 6.08 Å². The van der Waals surface area contributed by atoms with Crippen LogP contribution in [0.25, 0.3) is 0 Å². The second kappa shape index (κ2) is 4.57. The van der Waals surface area contributed by atoms with Gasteiger partial charge in [-0.05, 0) is 19.9 Å². The van der Waals surface area contributed by atoms with E-state index >= 15 is 0 Å². The van der Waals surface area contributed by atoms with E-state index in [0.29, 0.717) is 12.8 Å². The summed E-state index contributed by atoms with van der Waals surface area (Å²) in [6, 6.07) is 0. The number of hydrogen-bond donors (Lipinski definition) is 2. The minimum Gasteiger partial charge on any atom is -0.480 e.